The second-order valence-corrected chi connectivity index (χ2v) is 5.44. The van der Waals surface area contributed by atoms with Crippen LogP contribution in [0, 0.1) is 0 Å². The monoisotopic (exact) mass is 276 g/mol. The lowest BCUT2D eigenvalue weighted by molar-refractivity contribution is 0.0643. The van der Waals surface area contributed by atoms with E-state index in [2.05, 4.69) is 22.2 Å². The minimum atomic E-state index is 0.0563. The molecule has 0 radical (unpaired) electrons. The first-order valence-electron chi connectivity index (χ1n) is 7.27. The van der Waals surface area contributed by atoms with Crippen LogP contribution >= 0.6 is 0 Å². The van der Waals surface area contributed by atoms with Crippen LogP contribution in [0.3, 0.4) is 0 Å². The molecular weight excluding hydrogens is 252 g/mol. The smallest absolute Gasteiger partial charge is 0.255 e. The minimum absolute atomic E-state index is 0.0563. The largest absolute Gasteiger partial charge is 0.370 e. The molecule has 2 rings (SSSR count). The van der Waals surface area contributed by atoms with Gasteiger partial charge in [-0.15, -0.1) is 0 Å². The minimum Gasteiger partial charge on any atom is -0.370 e. The topological polar surface area (TPSA) is 48.5 Å². The lowest BCUT2D eigenvalue weighted by Crippen LogP contribution is -2.47. The third-order valence-electron chi connectivity index (χ3n) is 3.84. The molecule has 0 aliphatic carbocycles. The number of nitrogens with one attached hydrogen (secondary N) is 1. The Morgan fingerprint density at radius 2 is 2.35 bits per heavy atom. The fraction of sp³-hybridized carbons (Fsp3) is 0.600. The number of likely N-dealkylation sites (N-methyl/N-ethyl adjacent to an activating group) is 2. The van der Waals surface area contributed by atoms with Crippen molar-refractivity contribution in [2.45, 2.75) is 25.8 Å². The number of nitrogens with zero attached hydrogens (tertiary/aromatic N) is 3. The third kappa shape index (κ3) is 3.48. The molecule has 20 heavy (non-hydrogen) atoms. The first-order valence-corrected chi connectivity index (χ1v) is 7.27. The van der Waals surface area contributed by atoms with Gasteiger partial charge in [0.1, 0.15) is 5.82 Å². The Hall–Kier alpha value is -1.62. The van der Waals surface area contributed by atoms with Gasteiger partial charge in [-0.3, -0.25) is 4.79 Å². The molecular formula is C15H24N4O. The molecule has 1 N–H and O–H groups in total. The van der Waals surface area contributed by atoms with Crippen LogP contribution in [-0.2, 0) is 0 Å². The highest BCUT2D eigenvalue weighted by Gasteiger charge is 2.25. The number of carbonyl (C=O) groups excluding carboxylic acids is 1. The van der Waals surface area contributed by atoms with Gasteiger partial charge in [0.05, 0.1) is 5.56 Å². The standard InChI is InChI=1S/C15H24N4O/c1-4-16-14-8-7-12(10-17-14)15(20)19(3)13-6-5-9-18(2)11-13/h7-8,10,13H,4-6,9,11H2,1-3H3,(H,16,17). The zero-order chi connectivity index (χ0) is 14.5. The van der Waals surface area contributed by atoms with E-state index in [1.54, 1.807) is 6.20 Å². The van der Waals surface area contributed by atoms with E-state index < -0.39 is 0 Å². The molecule has 0 saturated carbocycles. The summed E-state index contributed by atoms with van der Waals surface area (Å²) in [5.74, 6) is 0.866. The zero-order valence-electron chi connectivity index (χ0n) is 12.6. The molecule has 1 amide bonds. The van der Waals surface area contributed by atoms with Crippen molar-refractivity contribution in [1.29, 1.82) is 0 Å². The van der Waals surface area contributed by atoms with Crippen molar-refractivity contribution in [3.8, 4) is 0 Å². The number of likely N-dealkylation sites (tertiary alicyclic amines) is 1. The Morgan fingerprint density at radius 1 is 1.55 bits per heavy atom. The lowest BCUT2D eigenvalue weighted by Gasteiger charge is -2.35. The first kappa shape index (κ1) is 14.8. The number of rotatable bonds is 4. The van der Waals surface area contributed by atoms with Gasteiger partial charge in [-0.25, -0.2) is 4.98 Å². The maximum absolute atomic E-state index is 12.5. The van der Waals surface area contributed by atoms with Gasteiger partial charge in [-0.05, 0) is 45.5 Å². The Morgan fingerprint density at radius 3 is 2.95 bits per heavy atom. The van der Waals surface area contributed by atoms with E-state index in [1.807, 2.05) is 31.0 Å². The van der Waals surface area contributed by atoms with Crippen LogP contribution in [-0.4, -0.2) is 60.5 Å². The van der Waals surface area contributed by atoms with Crippen molar-refractivity contribution in [2.24, 2.45) is 0 Å². The van der Waals surface area contributed by atoms with E-state index in [-0.39, 0.29) is 5.91 Å². The summed E-state index contributed by atoms with van der Waals surface area (Å²) < 4.78 is 0. The van der Waals surface area contributed by atoms with Gasteiger partial charge in [0.2, 0.25) is 0 Å². The fourth-order valence-corrected chi connectivity index (χ4v) is 2.63. The SMILES string of the molecule is CCNc1ccc(C(=O)N(C)C2CCCN(C)C2)cn1. The number of hydrogen-bond donors (Lipinski definition) is 1. The summed E-state index contributed by atoms with van der Waals surface area (Å²) in [6.45, 7) is 4.92. The van der Waals surface area contributed by atoms with Gasteiger partial charge in [-0.1, -0.05) is 0 Å². The van der Waals surface area contributed by atoms with Crippen molar-refractivity contribution in [1.82, 2.24) is 14.8 Å². The molecule has 0 bridgehead atoms. The average Bonchev–Trinajstić information content (AvgIpc) is 2.47. The van der Waals surface area contributed by atoms with Gasteiger partial charge < -0.3 is 15.1 Å². The number of pyridine rings is 1. The predicted octanol–water partition coefficient (Wildman–Crippen LogP) is 1.68. The molecule has 1 aliphatic heterocycles. The van der Waals surface area contributed by atoms with Crippen LogP contribution < -0.4 is 5.32 Å². The summed E-state index contributed by atoms with van der Waals surface area (Å²) in [6.07, 6.45) is 3.88. The molecule has 1 saturated heterocycles. The normalized spacial score (nSPS) is 19.6. The molecule has 1 aromatic heterocycles. The molecule has 1 aliphatic rings. The average molecular weight is 276 g/mol. The predicted molar refractivity (Wildman–Crippen MR) is 81.0 cm³/mol. The number of piperidine rings is 1. The van der Waals surface area contributed by atoms with Crippen molar-refractivity contribution < 1.29 is 4.79 Å². The molecule has 110 valence electrons. The highest BCUT2D eigenvalue weighted by molar-refractivity contribution is 5.94. The first-order chi connectivity index (χ1) is 9.61. The van der Waals surface area contributed by atoms with Crippen LogP contribution in [0.2, 0.25) is 0 Å². The van der Waals surface area contributed by atoms with Gasteiger partial charge in [0.15, 0.2) is 0 Å². The van der Waals surface area contributed by atoms with Crippen LogP contribution in [0.4, 0.5) is 5.82 Å². The van der Waals surface area contributed by atoms with E-state index in [1.165, 1.54) is 0 Å². The summed E-state index contributed by atoms with van der Waals surface area (Å²) in [7, 11) is 4.00. The summed E-state index contributed by atoms with van der Waals surface area (Å²) >= 11 is 0. The van der Waals surface area contributed by atoms with Gasteiger partial charge in [0.25, 0.3) is 5.91 Å². The summed E-state index contributed by atoms with van der Waals surface area (Å²) in [6, 6.07) is 4.00. The van der Waals surface area contributed by atoms with Crippen LogP contribution in [0.15, 0.2) is 18.3 Å². The number of carbonyl (C=O) groups is 1. The Bertz CT molecular complexity index is 446. The lowest BCUT2D eigenvalue weighted by atomic mass is 10.0. The fourth-order valence-electron chi connectivity index (χ4n) is 2.63. The van der Waals surface area contributed by atoms with Gasteiger partial charge >= 0.3 is 0 Å². The van der Waals surface area contributed by atoms with Gasteiger partial charge in [0, 0.05) is 32.4 Å². The molecule has 0 spiro atoms. The summed E-state index contributed by atoms with van der Waals surface area (Å²) in [5, 5.41) is 3.13. The van der Waals surface area contributed by atoms with Crippen molar-refractivity contribution in [2.75, 3.05) is 39.0 Å². The Labute approximate surface area is 121 Å². The summed E-state index contributed by atoms with van der Waals surface area (Å²) in [5.41, 5.74) is 0.655. The number of anilines is 1. The van der Waals surface area contributed by atoms with Crippen molar-refractivity contribution >= 4 is 11.7 Å². The number of hydrogen-bond acceptors (Lipinski definition) is 4. The van der Waals surface area contributed by atoms with Crippen molar-refractivity contribution in [3.63, 3.8) is 0 Å². The maximum atomic E-state index is 12.5. The summed E-state index contributed by atoms with van der Waals surface area (Å²) in [4.78, 5) is 20.9. The molecule has 1 aromatic rings. The van der Waals surface area contributed by atoms with Crippen LogP contribution in [0.5, 0.6) is 0 Å². The van der Waals surface area contributed by atoms with E-state index in [0.29, 0.717) is 11.6 Å². The quantitative estimate of drug-likeness (QED) is 0.909. The molecule has 5 nitrogen and oxygen atoms in total. The van der Waals surface area contributed by atoms with E-state index >= 15 is 0 Å². The van der Waals surface area contributed by atoms with E-state index in [4.69, 9.17) is 0 Å². The Kier molecular flexibility index (Phi) is 4.95. The van der Waals surface area contributed by atoms with E-state index in [9.17, 15) is 4.79 Å². The van der Waals surface area contributed by atoms with Crippen molar-refractivity contribution in [3.05, 3.63) is 23.9 Å². The second-order valence-electron chi connectivity index (χ2n) is 5.44. The molecule has 1 fully saturated rings. The zero-order valence-corrected chi connectivity index (χ0v) is 12.6. The van der Waals surface area contributed by atoms with Gasteiger partial charge in [-0.2, -0.15) is 0 Å². The molecule has 1 unspecified atom stereocenters. The highest BCUT2D eigenvalue weighted by atomic mass is 16.2. The molecule has 0 aromatic carbocycles. The van der Waals surface area contributed by atoms with Crippen LogP contribution in [0.25, 0.3) is 0 Å². The maximum Gasteiger partial charge on any atom is 0.255 e. The second kappa shape index (κ2) is 6.70. The Balaban J connectivity index is 2.02. The van der Waals surface area contributed by atoms with Crippen LogP contribution in [0.1, 0.15) is 30.1 Å². The van der Waals surface area contributed by atoms with E-state index in [0.717, 1.165) is 38.3 Å². The number of amides is 1. The number of aromatic nitrogens is 1. The highest BCUT2D eigenvalue weighted by Crippen LogP contribution is 2.16. The molecule has 1 atom stereocenters. The molecule has 5 heteroatoms. The molecule has 2 heterocycles. The third-order valence-corrected chi connectivity index (χ3v) is 3.84.